The number of carbonyl (C=O) groups is 1. The molecular weight excluding hydrogens is 252 g/mol. The predicted molar refractivity (Wildman–Crippen MR) is 77.9 cm³/mol. The molecule has 20 heavy (non-hydrogen) atoms. The molecule has 5 nitrogen and oxygen atoms in total. The van der Waals surface area contributed by atoms with E-state index in [1.807, 2.05) is 55.2 Å². The number of nitrogens with one attached hydrogen (secondary N) is 2. The highest BCUT2D eigenvalue weighted by Crippen LogP contribution is 2.04. The average Bonchev–Trinajstić information content (AvgIpc) is 2.78. The number of carbonyl (C=O) groups excluding carboxylic acids is 1. The fraction of sp³-hybridized carbons (Fsp3) is 0.333. The lowest BCUT2D eigenvalue weighted by atomic mass is 10.2. The quantitative estimate of drug-likeness (QED) is 0.829. The Morgan fingerprint density at radius 3 is 2.65 bits per heavy atom. The Balaban J connectivity index is 1.69. The largest absolute Gasteiger partial charge is 0.351 e. The highest BCUT2D eigenvalue weighted by atomic mass is 16.1. The van der Waals surface area contributed by atoms with Gasteiger partial charge in [0.05, 0.1) is 12.7 Å². The van der Waals surface area contributed by atoms with Crippen LogP contribution in [-0.4, -0.2) is 22.2 Å². The molecule has 106 valence electrons. The van der Waals surface area contributed by atoms with Crippen molar-refractivity contribution in [2.75, 3.05) is 6.54 Å². The number of benzene rings is 1. The van der Waals surface area contributed by atoms with Crippen LogP contribution in [0, 0.1) is 6.92 Å². The van der Waals surface area contributed by atoms with Crippen LogP contribution in [0.4, 0.5) is 0 Å². The van der Waals surface area contributed by atoms with E-state index in [0.29, 0.717) is 19.6 Å². The van der Waals surface area contributed by atoms with Crippen molar-refractivity contribution in [1.29, 1.82) is 0 Å². The minimum atomic E-state index is -0.00426. The van der Waals surface area contributed by atoms with E-state index in [4.69, 9.17) is 0 Å². The van der Waals surface area contributed by atoms with Gasteiger partial charge in [-0.3, -0.25) is 9.48 Å². The zero-order valence-electron chi connectivity index (χ0n) is 11.9. The third kappa shape index (κ3) is 3.93. The second-order valence-corrected chi connectivity index (χ2v) is 4.74. The molecule has 1 heterocycles. The van der Waals surface area contributed by atoms with Gasteiger partial charge >= 0.3 is 0 Å². The molecule has 2 rings (SSSR count). The lowest BCUT2D eigenvalue weighted by Gasteiger charge is -2.07. The fourth-order valence-corrected chi connectivity index (χ4v) is 1.89. The minimum absolute atomic E-state index is 0.00426. The molecule has 0 saturated heterocycles. The summed E-state index contributed by atoms with van der Waals surface area (Å²) in [5.74, 6) is -0.00426. The first-order valence-corrected chi connectivity index (χ1v) is 6.65. The average molecular weight is 272 g/mol. The molecule has 0 saturated carbocycles. The van der Waals surface area contributed by atoms with E-state index in [0.717, 1.165) is 16.8 Å². The highest BCUT2D eigenvalue weighted by molar-refractivity contribution is 5.77. The van der Waals surface area contributed by atoms with E-state index in [-0.39, 0.29) is 5.91 Å². The van der Waals surface area contributed by atoms with E-state index < -0.39 is 0 Å². The van der Waals surface area contributed by atoms with Crippen LogP contribution in [0.5, 0.6) is 0 Å². The van der Waals surface area contributed by atoms with Gasteiger partial charge in [0.15, 0.2) is 0 Å². The number of aryl methyl sites for hydroxylation is 1. The molecule has 0 unspecified atom stereocenters. The summed E-state index contributed by atoms with van der Waals surface area (Å²) in [5, 5.41) is 10.2. The van der Waals surface area contributed by atoms with Gasteiger partial charge < -0.3 is 10.6 Å². The molecule has 0 aliphatic rings. The second kappa shape index (κ2) is 6.86. The van der Waals surface area contributed by atoms with Crippen molar-refractivity contribution >= 4 is 5.91 Å². The summed E-state index contributed by atoms with van der Waals surface area (Å²) in [6.07, 6.45) is 1.82. The first kappa shape index (κ1) is 14.3. The molecule has 0 radical (unpaired) electrons. The van der Waals surface area contributed by atoms with E-state index >= 15 is 0 Å². The van der Waals surface area contributed by atoms with Crippen LogP contribution in [0.25, 0.3) is 0 Å². The zero-order chi connectivity index (χ0) is 14.4. The summed E-state index contributed by atoms with van der Waals surface area (Å²) in [7, 11) is 1.91. The normalized spacial score (nSPS) is 10.5. The van der Waals surface area contributed by atoms with Crippen molar-refractivity contribution in [2.24, 2.45) is 7.05 Å². The van der Waals surface area contributed by atoms with Gasteiger partial charge in [-0.2, -0.15) is 5.10 Å². The first-order chi connectivity index (χ1) is 9.66. The maximum absolute atomic E-state index is 11.7. The maximum Gasteiger partial charge on any atom is 0.234 e. The van der Waals surface area contributed by atoms with Gasteiger partial charge in [-0.25, -0.2) is 0 Å². The summed E-state index contributed by atoms with van der Waals surface area (Å²) < 4.78 is 1.83. The molecule has 0 aliphatic heterocycles. The summed E-state index contributed by atoms with van der Waals surface area (Å²) in [6.45, 7) is 3.53. The monoisotopic (exact) mass is 272 g/mol. The minimum Gasteiger partial charge on any atom is -0.351 e. The Labute approximate surface area is 119 Å². The van der Waals surface area contributed by atoms with E-state index in [9.17, 15) is 4.79 Å². The molecule has 0 atom stereocenters. The van der Waals surface area contributed by atoms with Crippen LogP contribution in [0.1, 0.15) is 16.8 Å². The molecule has 2 aromatic rings. The summed E-state index contributed by atoms with van der Waals surface area (Å²) in [5.41, 5.74) is 3.33. The molecule has 0 aliphatic carbocycles. The van der Waals surface area contributed by atoms with Crippen molar-refractivity contribution in [3.05, 3.63) is 53.3 Å². The van der Waals surface area contributed by atoms with Crippen molar-refractivity contribution in [3.63, 3.8) is 0 Å². The van der Waals surface area contributed by atoms with Gasteiger partial charge in [-0.1, -0.05) is 30.3 Å². The van der Waals surface area contributed by atoms with Gasteiger partial charge in [-0.05, 0) is 12.5 Å². The Kier molecular flexibility index (Phi) is 4.90. The zero-order valence-corrected chi connectivity index (χ0v) is 11.9. The number of aromatic nitrogens is 2. The van der Waals surface area contributed by atoms with Crippen LogP contribution in [0.15, 0.2) is 36.5 Å². The topological polar surface area (TPSA) is 59.0 Å². The Morgan fingerprint density at radius 2 is 2.00 bits per heavy atom. The van der Waals surface area contributed by atoms with Crippen molar-refractivity contribution in [2.45, 2.75) is 20.0 Å². The number of hydrogen-bond donors (Lipinski definition) is 2. The standard InChI is InChI=1S/C15H20N4O/c1-12-14(10-18-19(12)2)9-16-11-15(20)17-8-13-6-4-3-5-7-13/h3-7,10,16H,8-9,11H2,1-2H3,(H,17,20). The van der Waals surface area contributed by atoms with Gasteiger partial charge in [0.25, 0.3) is 0 Å². The third-order valence-corrected chi connectivity index (χ3v) is 3.27. The molecule has 0 bridgehead atoms. The van der Waals surface area contributed by atoms with Crippen LogP contribution in [-0.2, 0) is 24.9 Å². The lowest BCUT2D eigenvalue weighted by Crippen LogP contribution is -2.33. The van der Waals surface area contributed by atoms with Crippen molar-refractivity contribution < 1.29 is 4.79 Å². The number of nitrogens with zero attached hydrogens (tertiary/aromatic N) is 2. The molecule has 1 aromatic carbocycles. The number of hydrogen-bond acceptors (Lipinski definition) is 3. The smallest absolute Gasteiger partial charge is 0.234 e. The van der Waals surface area contributed by atoms with Gasteiger partial charge in [0, 0.05) is 31.4 Å². The van der Waals surface area contributed by atoms with Crippen molar-refractivity contribution in [1.82, 2.24) is 20.4 Å². The van der Waals surface area contributed by atoms with E-state index in [1.54, 1.807) is 0 Å². The van der Waals surface area contributed by atoms with Gasteiger partial charge in [0.2, 0.25) is 5.91 Å². The lowest BCUT2D eigenvalue weighted by molar-refractivity contribution is -0.120. The Morgan fingerprint density at radius 1 is 1.25 bits per heavy atom. The van der Waals surface area contributed by atoms with Gasteiger partial charge in [0.1, 0.15) is 0 Å². The van der Waals surface area contributed by atoms with Crippen LogP contribution < -0.4 is 10.6 Å². The molecule has 1 amide bonds. The maximum atomic E-state index is 11.7. The fourth-order valence-electron chi connectivity index (χ4n) is 1.89. The summed E-state index contributed by atoms with van der Waals surface area (Å²) >= 11 is 0. The molecule has 5 heteroatoms. The van der Waals surface area contributed by atoms with E-state index in [1.165, 1.54) is 0 Å². The van der Waals surface area contributed by atoms with Crippen LogP contribution in [0.2, 0.25) is 0 Å². The third-order valence-electron chi connectivity index (χ3n) is 3.27. The molecule has 0 fully saturated rings. The highest BCUT2D eigenvalue weighted by Gasteiger charge is 2.05. The van der Waals surface area contributed by atoms with Gasteiger partial charge in [-0.15, -0.1) is 0 Å². The molecule has 2 N–H and O–H groups in total. The number of amides is 1. The Hall–Kier alpha value is -2.14. The molecule has 0 spiro atoms. The van der Waals surface area contributed by atoms with Crippen LogP contribution >= 0.6 is 0 Å². The number of rotatable bonds is 6. The second-order valence-electron chi connectivity index (χ2n) is 4.74. The Bertz CT molecular complexity index is 563. The van der Waals surface area contributed by atoms with E-state index in [2.05, 4.69) is 15.7 Å². The first-order valence-electron chi connectivity index (χ1n) is 6.65. The van der Waals surface area contributed by atoms with Crippen LogP contribution in [0.3, 0.4) is 0 Å². The van der Waals surface area contributed by atoms with Crippen molar-refractivity contribution in [3.8, 4) is 0 Å². The summed E-state index contributed by atoms with van der Waals surface area (Å²) in [4.78, 5) is 11.7. The molecule has 1 aromatic heterocycles. The summed E-state index contributed by atoms with van der Waals surface area (Å²) in [6, 6.07) is 9.87. The SMILES string of the molecule is Cc1c(CNCC(=O)NCc2ccccc2)cnn1C. The molecular formula is C15H20N4O. The predicted octanol–water partition coefficient (Wildman–Crippen LogP) is 1.13.